The minimum absolute atomic E-state index is 0.0307. The van der Waals surface area contributed by atoms with Crippen LogP contribution in [0.2, 0.25) is 5.02 Å². The molecule has 0 radical (unpaired) electrons. The molecule has 0 aliphatic carbocycles. The third-order valence-corrected chi connectivity index (χ3v) is 2.92. The average molecular weight is 279 g/mol. The Bertz CT molecular complexity index is 584. The second kappa shape index (κ2) is 5.85. The molecular formula is C15H12ClFO2. The number of hydrogen-bond donors (Lipinski definition) is 0. The van der Waals surface area contributed by atoms with Crippen molar-refractivity contribution in [2.45, 2.75) is 13.0 Å². The van der Waals surface area contributed by atoms with E-state index in [2.05, 4.69) is 0 Å². The van der Waals surface area contributed by atoms with Gasteiger partial charge in [0.1, 0.15) is 11.6 Å². The number of carbonyl (C=O) groups is 1. The highest BCUT2D eigenvalue weighted by atomic mass is 35.5. The van der Waals surface area contributed by atoms with Crippen molar-refractivity contribution in [2.75, 3.05) is 0 Å². The summed E-state index contributed by atoms with van der Waals surface area (Å²) < 4.78 is 18.5. The lowest BCUT2D eigenvalue weighted by atomic mass is 10.1. The summed E-state index contributed by atoms with van der Waals surface area (Å²) in [6.07, 6.45) is -0.663. The predicted octanol–water partition coefficient (Wildman–Crippen LogP) is 4.13. The molecule has 0 saturated heterocycles. The number of rotatable bonds is 4. The lowest BCUT2D eigenvalue weighted by molar-refractivity contribution is 0.0818. The van der Waals surface area contributed by atoms with Crippen LogP contribution in [-0.4, -0.2) is 11.9 Å². The molecule has 2 rings (SSSR count). The topological polar surface area (TPSA) is 26.3 Å². The van der Waals surface area contributed by atoms with Crippen LogP contribution >= 0.6 is 11.6 Å². The fraction of sp³-hybridized carbons (Fsp3) is 0.133. The second-order valence-corrected chi connectivity index (χ2v) is 4.47. The smallest absolute Gasteiger partial charge is 0.202 e. The Kier molecular flexibility index (Phi) is 4.17. The lowest BCUT2D eigenvalue weighted by Crippen LogP contribution is -2.23. The molecule has 0 N–H and O–H groups in total. The molecule has 0 aliphatic rings. The van der Waals surface area contributed by atoms with Gasteiger partial charge in [0.2, 0.25) is 5.78 Å². The summed E-state index contributed by atoms with van der Waals surface area (Å²) in [6, 6.07) is 12.9. The monoisotopic (exact) mass is 278 g/mol. The van der Waals surface area contributed by atoms with E-state index in [1.165, 1.54) is 18.2 Å². The molecule has 2 aromatic carbocycles. The van der Waals surface area contributed by atoms with Crippen molar-refractivity contribution < 1.29 is 13.9 Å². The molecule has 0 bridgehead atoms. The number of ketones is 1. The van der Waals surface area contributed by atoms with E-state index in [-0.39, 0.29) is 10.8 Å². The van der Waals surface area contributed by atoms with Crippen LogP contribution in [0.4, 0.5) is 4.39 Å². The Balaban J connectivity index is 2.10. The van der Waals surface area contributed by atoms with Gasteiger partial charge >= 0.3 is 0 Å². The van der Waals surface area contributed by atoms with Gasteiger partial charge in [-0.2, -0.15) is 0 Å². The first-order valence-electron chi connectivity index (χ1n) is 5.79. The third kappa shape index (κ3) is 3.32. The average Bonchev–Trinajstić information content (AvgIpc) is 2.43. The first kappa shape index (κ1) is 13.6. The normalized spacial score (nSPS) is 11.9. The van der Waals surface area contributed by atoms with Gasteiger partial charge in [-0.15, -0.1) is 0 Å². The molecule has 0 fully saturated rings. The third-order valence-electron chi connectivity index (χ3n) is 2.63. The Morgan fingerprint density at radius 1 is 1.21 bits per heavy atom. The molecule has 0 spiro atoms. The molecule has 1 atom stereocenters. The summed E-state index contributed by atoms with van der Waals surface area (Å²) in [5.74, 6) is -0.291. The molecule has 2 aromatic rings. The van der Waals surface area contributed by atoms with Crippen LogP contribution in [0.15, 0.2) is 48.5 Å². The highest BCUT2D eigenvalue weighted by molar-refractivity contribution is 6.30. The SMILES string of the molecule is CC(Oc1ccc(F)c(Cl)c1)C(=O)c1ccccc1. The van der Waals surface area contributed by atoms with Gasteiger partial charge in [-0.25, -0.2) is 4.39 Å². The molecule has 98 valence electrons. The zero-order valence-corrected chi connectivity index (χ0v) is 11.0. The molecule has 0 saturated carbocycles. The summed E-state index contributed by atoms with van der Waals surface area (Å²) >= 11 is 5.65. The first-order valence-corrected chi connectivity index (χ1v) is 6.16. The zero-order chi connectivity index (χ0) is 13.8. The van der Waals surface area contributed by atoms with Crippen molar-refractivity contribution in [3.63, 3.8) is 0 Å². The highest BCUT2D eigenvalue weighted by Gasteiger charge is 2.16. The zero-order valence-electron chi connectivity index (χ0n) is 10.3. The maximum Gasteiger partial charge on any atom is 0.202 e. The van der Waals surface area contributed by atoms with Gasteiger partial charge in [0.05, 0.1) is 5.02 Å². The minimum Gasteiger partial charge on any atom is -0.483 e. The second-order valence-electron chi connectivity index (χ2n) is 4.07. The summed E-state index contributed by atoms with van der Waals surface area (Å²) in [5, 5.41) is -0.0307. The molecule has 2 nitrogen and oxygen atoms in total. The standard InChI is InChI=1S/C15H12ClFO2/c1-10(15(18)11-5-3-2-4-6-11)19-12-7-8-14(17)13(16)9-12/h2-10H,1H3. The van der Waals surface area contributed by atoms with E-state index in [1.54, 1.807) is 31.2 Å². The fourth-order valence-corrected chi connectivity index (χ4v) is 1.82. The van der Waals surface area contributed by atoms with Crippen molar-refractivity contribution in [1.29, 1.82) is 0 Å². The van der Waals surface area contributed by atoms with Crippen molar-refractivity contribution in [3.8, 4) is 5.75 Å². The minimum atomic E-state index is -0.663. The fourth-order valence-electron chi connectivity index (χ4n) is 1.64. The lowest BCUT2D eigenvalue weighted by Gasteiger charge is -2.14. The molecule has 0 aliphatic heterocycles. The van der Waals surface area contributed by atoms with Crippen LogP contribution < -0.4 is 4.74 Å². The van der Waals surface area contributed by atoms with Gasteiger partial charge in [-0.1, -0.05) is 41.9 Å². The molecular weight excluding hydrogens is 267 g/mol. The number of Topliss-reactive ketones (excluding diaryl/α,β-unsaturated/α-hetero) is 1. The molecule has 1 unspecified atom stereocenters. The van der Waals surface area contributed by atoms with Gasteiger partial charge in [-0.3, -0.25) is 4.79 Å². The number of halogens is 2. The number of carbonyl (C=O) groups excluding carboxylic acids is 1. The molecule has 0 aromatic heterocycles. The van der Waals surface area contributed by atoms with E-state index in [9.17, 15) is 9.18 Å². The van der Waals surface area contributed by atoms with Gasteiger partial charge in [0, 0.05) is 11.6 Å². The molecule has 0 amide bonds. The Morgan fingerprint density at radius 3 is 2.53 bits per heavy atom. The van der Waals surface area contributed by atoms with E-state index in [1.807, 2.05) is 6.07 Å². The van der Waals surface area contributed by atoms with Crippen LogP contribution in [0.25, 0.3) is 0 Å². The molecule has 19 heavy (non-hydrogen) atoms. The summed E-state index contributed by atoms with van der Waals surface area (Å²) in [6.45, 7) is 1.65. The Labute approximate surface area is 115 Å². The van der Waals surface area contributed by atoms with Crippen molar-refractivity contribution >= 4 is 17.4 Å². The van der Waals surface area contributed by atoms with Crippen molar-refractivity contribution in [1.82, 2.24) is 0 Å². The van der Waals surface area contributed by atoms with Crippen LogP contribution in [-0.2, 0) is 0 Å². The highest BCUT2D eigenvalue weighted by Crippen LogP contribution is 2.22. The number of ether oxygens (including phenoxy) is 1. The van der Waals surface area contributed by atoms with E-state index in [4.69, 9.17) is 16.3 Å². The van der Waals surface area contributed by atoms with E-state index < -0.39 is 11.9 Å². The summed E-state index contributed by atoms with van der Waals surface area (Å²) in [7, 11) is 0. The van der Waals surface area contributed by atoms with Gasteiger partial charge in [0.25, 0.3) is 0 Å². The Morgan fingerprint density at radius 2 is 1.89 bits per heavy atom. The van der Waals surface area contributed by atoms with Gasteiger partial charge in [0.15, 0.2) is 6.10 Å². The number of hydrogen-bond acceptors (Lipinski definition) is 2. The number of benzene rings is 2. The molecule has 4 heteroatoms. The van der Waals surface area contributed by atoms with E-state index >= 15 is 0 Å². The molecule has 0 heterocycles. The van der Waals surface area contributed by atoms with Crippen molar-refractivity contribution in [2.24, 2.45) is 0 Å². The van der Waals surface area contributed by atoms with Crippen LogP contribution in [0, 0.1) is 5.82 Å². The van der Waals surface area contributed by atoms with Crippen LogP contribution in [0.3, 0.4) is 0 Å². The summed E-state index contributed by atoms with van der Waals surface area (Å²) in [5.41, 5.74) is 0.572. The van der Waals surface area contributed by atoms with Gasteiger partial charge in [-0.05, 0) is 19.1 Å². The van der Waals surface area contributed by atoms with Gasteiger partial charge < -0.3 is 4.74 Å². The Hall–Kier alpha value is -1.87. The van der Waals surface area contributed by atoms with Crippen molar-refractivity contribution in [3.05, 3.63) is 64.9 Å². The summed E-state index contributed by atoms with van der Waals surface area (Å²) in [4.78, 5) is 12.1. The first-order chi connectivity index (χ1) is 9.08. The maximum absolute atomic E-state index is 13.0. The van der Waals surface area contributed by atoms with E-state index in [0.29, 0.717) is 11.3 Å². The van der Waals surface area contributed by atoms with E-state index in [0.717, 1.165) is 0 Å². The quantitative estimate of drug-likeness (QED) is 0.786. The maximum atomic E-state index is 13.0. The largest absolute Gasteiger partial charge is 0.483 e. The predicted molar refractivity (Wildman–Crippen MR) is 72.3 cm³/mol. The van der Waals surface area contributed by atoms with Crippen LogP contribution in [0.5, 0.6) is 5.75 Å². The van der Waals surface area contributed by atoms with Crippen LogP contribution in [0.1, 0.15) is 17.3 Å².